The summed E-state index contributed by atoms with van der Waals surface area (Å²) in [6.45, 7) is 1.31. The molecule has 35 heavy (non-hydrogen) atoms. The second kappa shape index (κ2) is 8.50. The molecule has 1 aromatic carbocycles. The lowest BCUT2D eigenvalue weighted by atomic mass is 9.75. The van der Waals surface area contributed by atoms with Crippen molar-refractivity contribution in [1.29, 1.82) is 0 Å². The average Bonchev–Trinajstić information content (AvgIpc) is 3.19. The number of piperidine rings is 1. The fourth-order valence-electron chi connectivity index (χ4n) is 6.62. The van der Waals surface area contributed by atoms with Crippen LogP contribution in [0.15, 0.2) is 42.7 Å². The largest absolute Gasteiger partial charge is 0.458 e. The van der Waals surface area contributed by atoms with E-state index in [4.69, 9.17) is 4.74 Å². The highest BCUT2D eigenvalue weighted by Crippen LogP contribution is 2.60. The van der Waals surface area contributed by atoms with Crippen LogP contribution < -0.4 is 5.32 Å². The van der Waals surface area contributed by atoms with Crippen molar-refractivity contribution in [2.75, 3.05) is 18.4 Å². The maximum absolute atomic E-state index is 13.4. The van der Waals surface area contributed by atoms with Crippen molar-refractivity contribution in [1.82, 2.24) is 14.7 Å². The van der Waals surface area contributed by atoms with Crippen LogP contribution in [0.1, 0.15) is 57.8 Å². The van der Waals surface area contributed by atoms with Gasteiger partial charge in [0.15, 0.2) is 0 Å². The molecule has 4 fully saturated rings. The molecule has 8 heteroatoms. The van der Waals surface area contributed by atoms with E-state index in [0.717, 1.165) is 62.7 Å². The number of nitrogens with one attached hydrogen (secondary N) is 1. The number of esters is 1. The summed E-state index contributed by atoms with van der Waals surface area (Å²) in [4.78, 5) is 40.4. The molecule has 2 amide bonds. The summed E-state index contributed by atoms with van der Waals surface area (Å²) in [5.74, 6) is -0.437. The van der Waals surface area contributed by atoms with Gasteiger partial charge in [-0.15, -0.1) is 0 Å². The predicted molar refractivity (Wildman–Crippen MR) is 129 cm³/mol. The second-order valence-electron chi connectivity index (χ2n) is 10.8. The van der Waals surface area contributed by atoms with Gasteiger partial charge in [0.05, 0.1) is 18.0 Å². The van der Waals surface area contributed by atoms with Gasteiger partial charge in [0.2, 0.25) is 11.8 Å². The lowest BCUT2D eigenvalue weighted by Crippen LogP contribution is -2.49. The van der Waals surface area contributed by atoms with Crippen LogP contribution in [-0.4, -0.2) is 51.2 Å². The average molecular weight is 477 g/mol. The van der Waals surface area contributed by atoms with Gasteiger partial charge in [0.25, 0.3) is 0 Å². The lowest BCUT2D eigenvalue weighted by molar-refractivity contribution is -0.156. The zero-order valence-corrected chi connectivity index (χ0v) is 19.9. The van der Waals surface area contributed by atoms with Crippen molar-refractivity contribution in [3.05, 3.63) is 42.7 Å². The third kappa shape index (κ3) is 4.02. The number of carbonyl (C=O) groups excluding carboxylic acids is 3. The topological polar surface area (TPSA) is 93.5 Å². The Balaban J connectivity index is 1.04. The molecular weight excluding hydrogens is 444 g/mol. The Morgan fingerprint density at radius 1 is 1.00 bits per heavy atom. The van der Waals surface area contributed by atoms with Crippen molar-refractivity contribution in [2.45, 2.75) is 63.4 Å². The molecule has 1 N–H and O–H groups in total. The normalized spacial score (nSPS) is 26.5. The van der Waals surface area contributed by atoms with Crippen LogP contribution in [0.25, 0.3) is 5.69 Å². The van der Waals surface area contributed by atoms with Gasteiger partial charge in [-0.25, -0.2) is 4.68 Å². The Kier molecular flexibility index (Phi) is 5.42. The third-order valence-electron chi connectivity index (χ3n) is 8.80. The minimum absolute atomic E-state index is 0.000382. The number of anilines is 1. The molecule has 6 rings (SSSR count). The number of benzene rings is 1. The standard InChI is InChI=1S/C27H32N4O4/c32-23-17-21(27(35-23)9-2-1-3-10-27)25(34)30-15-11-26(12-16-30)18-22(26)24(33)29-19-5-7-20(8-6-19)31-14-4-13-28-31/h4-8,13-14,21-22H,1-3,9-12,15-18H2,(H,29,33)/t21-,22+/m0/s1. The summed E-state index contributed by atoms with van der Waals surface area (Å²) in [6, 6.07) is 9.54. The number of hydrogen-bond donors (Lipinski definition) is 1. The number of rotatable bonds is 4. The highest BCUT2D eigenvalue weighted by molar-refractivity contribution is 5.95. The monoisotopic (exact) mass is 476 g/mol. The van der Waals surface area contributed by atoms with Crippen LogP contribution >= 0.6 is 0 Å². The molecule has 2 spiro atoms. The molecule has 2 aliphatic heterocycles. The van der Waals surface area contributed by atoms with E-state index in [0.29, 0.717) is 13.1 Å². The van der Waals surface area contributed by atoms with Gasteiger partial charge in [0.1, 0.15) is 5.60 Å². The Hall–Kier alpha value is -3.16. The molecule has 4 aliphatic rings. The maximum Gasteiger partial charge on any atom is 0.307 e. The fraction of sp³-hybridized carbons (Fsp3) is 0.556. The van der Waals surface area contributed by atoms with E-state index in [1.165, 1.54) is 0 Å². The second-order valence-corrected chi connectivity index (χ2v) is 10.8. The van der Waals surface area contributed by atoms with E-state index in [9.17, 15) is 14.4 Å². The van der Waals surface area contributed by atoms with Crippen LogP contribution in [0.4, 0.5) is 5.69 Å². The zero-order valence-electron chi connectivity index (χ0n) is 19.9. The number of aromatic nitrogens is 2. The van der Waals surface area contributed by atoms with Crippen molar-refractivity contribution >= 4 is 23.5 Å². The predicted octanol–water partition coefficient (Wildman–Crippen LogP) is 3.71. The molecule has 8 nitrogen and oxygen atoms in total. The van der Waals surface area contributed by atoms with E-state index in [2.05, 4.69) is 10.4 Å². The molecule has 2 atom stereocenters. The Labute approximate surface area is 205 Å². The van der Waals surface area contributed by atoms with Crippen molar-refractivity contribution in [2.24, 2.45) is 17.3 Å². The van der Waals surface area contributed by atoms with E-state index in [1.54, 1.807) is 10.9 Å². The summed E-state index contributed by atoms with van der Waals surface area (Å²) in [5.41, 5.74) is 1.15. The van der Waals surface area contributed by atoms with Crippen LogP contribution in [0.3, 0.4) is 0 Å². The number of hydrogen-bond acceptors (Lipinski definition) is 5. The Bertz CT molecular complexity index is 1110. The summed E-state index contributed by atoms with van der Waals surface area (Å²) in [7, 11) is 0. The first kappa shape index (κ1) is 22.3. The zero-order chi connectivity index (χ0) is 24.0. The van der Waals surface area contributed by atoms with Gasteiger partial charge < -0.3 is 15.0 Å². The minimum atomic E-state index is -0.573. The molecule has 2 aromatic rings. The molecule has 0 radical (unpaired) electrons. The number of carbonyl (C=O) groups is 3. The van der Waals surface area contributed by atoms with Crippen molar-refractivity contribution in [3.8, 4) is 5.69 Å². The molecule has 2 saturated heterocycles. The maximum atomic E-state index is 13.4. The molecular formula is C27H32N4O4. The molecule has 2 saturated carbocycles. The van der Waals surface area contributed by atoms with Gasteiger partial charge in [-0.2, -0.15) is 5.10 Å². The third-order valence-corrected chi connectivity index (χ3v) is 8.80. The van der Waals surface area contributed by atoms with Crippen LogP contribution in [0.5, 0.6) is 0 Å². The summed E-state index contributed by atoms with van der Waals surface area (Å²) >= 11 is 0. The lowest BCUT2D eigenvalue weighted by Gasteiger charge is -2.40. The first-order valence-corrected chi connectivity index (χ1v) is 12.9. The van der Waals surface area contributed by atoms with Crippen molar-refractivity contribution < 1.29 is 19.1 Å². The first-order chi connectivity index (χ1) is 17.0. The number of amides is 2. The highest BCUT2D eigenvalue weighted by atomic mass is 16.6. The highest BCUT2D eigenvalue weighted by Gasteiger charge is 2.60. The Morgan fingerprint density at radius 3 is 2.43 bits per heavy atom. The van der Waals surface area contributed by atoms with Gasteiger partial charge in [-0.05, 0) is 80.7 Å². The molecule has 0 unspecified atom stereocenters. The molecule has 184 valence electrons. The minimum Gasteiger partial charge on any atom is -0.458 e. The van der Waals surface area contributed by atoms with E-state index < -0.39 is 5.60 Å². The van der Waals surface area contributed by atoms with Crippen LogP contribution in [0, 0.1) is 17.3 Å². The fourth-order valence-corrected chi connectivity index (χ4v) is 6.62. The van der Waals surface area contributed by atoms with Gasteiger partial charge >= 0.3 is 5.97 Å². The van der Waals surface area contributed by atoms with E-state index in [-0.39, 0.29) is 41.5 Å². The molecule has 3 heterocycles. The first-order valence-electron chi connectivity index (χ1n) is 12.9. The SMILES string of the molecule is O=C1C[C@@H](C(=O)N2CCC3(CC2)C[C@@H]3C(=O)Nc2ccc(-n3cccn3)cc2)C2(CCCCC2)O1. The Morgan fingerprint density at radius 2 is 1.74 bits per heavy atom. The summed E-state index contributed by atoms with van der Waals surface area (Å²) in [5, 5.41) is 7.29. The molecule has 0 bridgehead atoms. The van der Waals surface area contributed by atoms with Gasteiger partial charge in [0, 0.05) is 37.1 Å². The summed E-state index contributed by atoms with van der Waals surface area (Å²) in [6.07, 6.45) is 11.2. The molecule has 1 aromatic heterocycles. The van der Waals surface area contributed by atoms with Gasteiger partial charge in [-0.1, -0.05) is 6.42 Å². The van der Waals surface area contributed by atoms with Crippen molar-refractivity contribution in [3.63, 3.8) is 0 Å². The van der Waals surface area contributed by atoms with Crippen LogP contribution in [0.2, 0.25) is 0 Å². The quantitative estimate of drug-likeness (QED) is 0.679. The number of likely N-dealkylation sites (tertiary alicyclic amines) is 1. The summed E-state index contributed by atoms with van der Waals surface area (Å²) < 4.78 is 7.53. The van der Waals surface area contributed by atoms with Gasteiger partial charge in [-0.3, -0.25) is 14.4 Å². The number of nitrogens with zero attached hydrogens (tertiary/aromatic N) is 3. The van der Waals surface area contributed by atoms with E-state index >= 15 is 0 Å². The number of ether oxygens (including phenoxy) is 1. The van der Waals surface area contributed by atoms with Crippen LogP contribution in [-0.2, 0) is 19.1 Å². The molecule has 2 aliphatic carbocycles. The smallest absolute Gasteiger partial charge is 0.307 e. The van der Waals surface area contributed by atoms with E-state index in [1.807, 2.05) is 41.4 Å².